The lowest BCUT2D eigenvalue weighted by molar-refractivity contribution is -0.870. The van der Waals surface area contributed by atoms with Crippen molar-refractivity contribution in [3.8, 4) is 0 Å². The van der Waals surface area contributed by atoms with Gasteiger partial charge in [0.2, 0.25) is 0 Å². The third-order valence-electron chi connectivity index (χ3n) is 11.9. The highest BCUT2D eigenvalue weighted by Crippen LogP contribution is 2.14. The van der Waals surface area contributed by atoms with Crippen LogP contribution in [0.4, 0.5) is 0 Å². The summed E-state index contributed by atoms with van der Waals surface area (Å²) >= 11 is 0. The SMILES string of the molecule is CC/C=C\C/C=C\C/C=C\C/C=C\C/C=C\C/C=C\C/C=C\C/C=C\C/C=C\C/C=C\C/C=C\CCCCCCCCCC(=O)OC(COC(=O)CCCCCCCCCCC)COC(OCC[N+](C)(C)C)C(=O)O. The smallest absolute Gasteiger partial charge is 0.361 e. The third-order valence-corrected chi connectivity index (χ3v) is 11.9. The molecule has 0 spiro atoms. The number of allylic oxidation sites excluding steroid dienone is 22. The quantitative estimate of drug-likeness (QED) is 0.0211. The van der Waals surface area contributed by atoms with Crippen LogP contribution in [0.2, 0.25) is 0 Å². The van der Waals surface area contributed by atoms with E-state index in [1.165, 1.54) is 57.8 Å². The van der Waals surface area contributed by atoms with Gasteiger partial charge >= 0.3 is 17.9 Å². The Labute approximate surface area is 459 Å². The topological polar surface area (TPSA) is 108 Å². The number of rotatable bonds is 52. The first-order valence-electron chi connectivity index (χ1n) is 29.3. The number of esters is 2. The van der Waals surface area contributed by atoms with E-state index in [4.69, 9.17) is 18.9 Å². The highest BCUT2D eigenvalue weighted by atomic mass is 16.7. The summed E-state index contributed by atoms with van der Waals surface area (Å²) in [5.74, 6) is -2.04. The number of aliphatic carboxylic acids is 1. The van der Waals surface area contributed by atoms with Crippen LogP contribution in [0.25, 0.3) is 0 Å². The Morgan fingerprint density at radius 2 is 0.760 bits per heavy atom. The molecule has 9 heteroatoms. The van der Waals surface area contributed by atoms with E-state index in [-0.39, 0.29) is 32.2 Å². The average molecular weight is 1040 g/mol. The van der Waals surface area contributed by atoms with Gasteiger partial charge in [-0.05, 0) is 96.3 Å². The summed E-state index contributed by atoms with van der Waals surface area (Å²) in [4.78, 5) is 37.2. The van der Waals surface area contributed by atoms with E-state index in [1.54, 1.807) is 0 Å². The van der Waals surface area contributed by atoms with Crippen LogP contribution in [0.3, 0.4) is 0 Å². The van der Waals surface area contributed by atoms with Crippen molar-refractivity contribution in [2.45, 2.75) is 219 Å². The monoisotopic (exact) mass is 1040 g/mol. The number of carboxylic acid groups (broad SMARTS) is 1. The lowest BCUT2D eigenvalue weighted by Crippen LogP contribution is -2.40. The Morgan fingerprint density at radius 3 is 1.13 bits per heavy atom. The van der Waals surface area contributed by atoms with E-state index in [0.717, 1.165) is 116 Å². The van der Waals surface area contributed by atoms with Gasteiger partial charge < -0.3 is 28.5 Å². The highest BCUT2D eigenvalue weighted by molar-refractivity contribution is 5.71. The molecule has 0 aromatic carbocycles. The molecule has 1 N–H and O–H groups in total. The molecule has 0 aliphatic carbocycles. The summed E-state index contributed by atoms with van der Waals surface area (Å²) in [6, 6.07) is 0. The number of nitrogens with zero attached hydrogens (tertiary/aromatic N) is 1. The van der Waals surface area contributed by atoms with Crippen LogP contribution < -0.4 is 0 Å². The van der Waals surface area contributed by atoms with Crippen molar-refractivity contribution < 1.29 is 42.9 Å². The molecule has 0 fully saturated rings. The van der Waals surface area contributed by atoms with E-state index < -0.39 is 24.3 Å². The summed E-state index contributed by atoms with van der Waals surface area (Å²) in [5, 5.41) is 9.66. The van der Waals surface area contributed by atoms with Gasteiger partial charge in [0, 0.05) is 12.8 Å². The number of hydrogen-bond acceptors (Lipinski definition) is 7. The van der Waals surface area contributed by atoms with Crippen molar-refractivity contribution >= 4 is 17.9 Å². The number of unbranched alkanes of at least 4 members (excludes halogenated alkanes) is 15. The molecule has 2 atom stereocenters. The largest absolute Gasteiger partial charge is 0.477 e. The summed E-state index contributed by atoms with van der Waals surface area (Å²) in [6.45, 7) is 4.70. The van der Waals surface area contributed by atoms with Crippen LogP contribution in [0.15, 0.2) is 134 Å². The van der Waals surface area contributed by atoms with Gasteiger partial charge in [0.1, 0.15) is 13.2 Å². The average Bonchev–Trinajstić information content (AvgIpc) is 3.38. The van der Waals surface area contributed by atoms with Crippen molar-refractivity contribution in [2.75, 3.05) is 47.5 Å². The fraction of sp³-hybridized carbons (Fsp3) is 0.621. The minimum Gasteiger partial charge on any atom is -0.477 e. The van der Waals surface area contributed by atoms with Crippen LogP contribution >= 0.6 is 0 Å². The van der Waals surface area contributed by atoms with Crippen molar-refractivity contribution in [3.63, 3.8) is 0 Å². The second kappa shape index (κ2) is 55.7. The lowest BCUT2D eigenvalue weighted by atomic mass is 10.1. The van der Waals surface area contributed by atoms with Crippen LogP contribution in [0, 0.1) is 0 Å². The van der Waals surface area contributed by atoms with Crippen LogP contribution in [0.1, 0.15) is 206 Å². The minimum absolute atomic E-state index is 0.180. The van der Waals surface area contributed by atoms with Crippen molar-refractivity contribution in [3.05, 3.63) is 134 Å². The van der Waals surface area contributed by atoms with E-state index >= 15 is 0 Å². The highest BCUT2D eigenvalue weighted by Gasteiger charge is 2.25. The van der Waals surface area contributed by atoms with Crippen molar-refractivity contribution in [1.82, 2.24) is 0 Å². The van der Waals surface area contributed by atoms with E-state index in [2.05, 4.69) is 148 Å². The molecular weight excluding hydrogens is 935 g/mol. The fourth-order valence-electron chi connectivity index (χ4n) is 7.43. The zero-order valence-corrected chi connectivity index (χ0v) is 48.2. The van der Waals surface area contributed by atoms with Crippen LogP contribution in [0.5, 0.6) is 0 Å². The molecule has 0 aromatic rings. The fourth-order valence-corrected chi connectivity index (χ4v) is 7.43. The number of carbonyl (C=O) groups is 3. The van der Waals surface area contributed by atoms with Gasteiger partial charge in [0.05, 0.1) is 34.4 Å². The molecule has 0 bridgehead atoms. The maximum atomic E-state index is 12.8. The maximum absolute atomic E-state index is 12.8. The lowest BCUT2D eigenvalue weighted by Gasteiger charge is -2.25. The summed E-state index contributed by atoms with van der Waals surface area (Å²) in [5.41, 5.74) is 0. The van der Waals surface area contributed by atoms with E-state index in [0.29, 0.717) is 23.9 Å². The predicted molar refractivity (Wildman–Crippen MR) is 317 cm³/mol. The van der Waals surface area contributed by atoms with Crippen molar-refractivity contribution in [1.29, 1.82) is 0 Å². The summed E-state index contributed by atoms with van der Waals surface area (Å²) in [6.07, 6.45) is 77.0. The number of ether oxygens (including phenoxy) is 4. The Hall–Kier alpha value is -4.57. The van der Waals surface area contributed by atoms with Gasteiger partial charge in [-0.15, -0.1) is 0 Å². The Bertz CT molecular complexity index is 1690. The predicted octanol–water partition coefficient (Wildman–Crippen LogP) is 17.5. The van der Waals surface area contributed by atoms with E-state index in [1.807, 2.05) is 21.1 Å². The minimum atomic E-state index is -1.52. The molecule has 0 aromatic heterocycles. The molecule has 0 heterocycles. The normalized spacial score (nSPS) is 13.8. The Morgan fingerprint density at radius 1 is 0.413 bits per heavy atom. The van der Waals surface area contributed by atoms with Gasteiger partial charge in [0.25, 0.3) is 6.29 Å². The molecule has 75 heavy (non-hydrogen) atoms. The second-order valence-electron chi connectivity index (χ2n) is 20.2. The van der Waals surface area contributed by atoms with Gasteiger partial charge in [0.15, 0.2) is 6.10 Å². The number of carbonyl (C=O) groups excluding carboxylic acids is 2. The first-order valence-corrected chi connectivity index (χ1v) is 29.3. The van der Waals surface area contributed by atoms with Crippen LogP contribution in [-0.4, -0.2) is 87.4 Å². The molecule has 0 aliphatic heterocycles. The first-order chi connectivity index (χ1) is 36.6. The maximum Gasteiger partial charge on any atom is 0.361 e. The standard InChI is InChI=1S/C66H107NO8/c1-6-8-10-12-14-16-17-18-19-20-21-22-23-24-25-26-27-28-29-30-31-32-33-34-35-36-37-38-39-40-41-42-43-44-45-46-47-49-51-53-55-57-64(69)75-62(61-74-66(65(70)71)72-59-58-67(3,4)5)60-73-63(68)56-54-52-50-48-15-13-11-9-7-2/h8,10,14,16,18-19,21-22,24-25,27-28,30-31,33-34,36-37,39-40,42-43,62,66H,6-7,9,11-13,15,17,20,23,26,29,32,35,38,41,44-61H2,1-5H3/p+1/b10-8-,16-14-,19-18-,22-21-,25-24-,28-27-,31-30-,34-33-,37-36-,40-39-,43-42-. The summed E-state index contributed by atoms with van der Waals surface area (Å²) < 4.78 is 22.7. The molecular formula is C66H108NO8+. The second-order valence-corrected chi connectivity index (χ2v) is 20.2. The zero-order valence-electron chi connectivity index (χ0n) is 48.2. The number of quaternary nitrogens is 1. The molecule has 424 valence electrons. The molecule has 0 aliphatic rings. The molecule has 0 saturated carbocycles. The van der Waals surface area contributed by atoms with Gasteiger partial charge in [-0.3, -0.25) is 9.59 Å². The Balaban J connectivity index is 4.12. The molecule has 0 radical (unpaired) electrons. The molecule has 0 saturated heterocycles. The Kier molecular flexibility index (Phi) is 52.3. The molecule has 0 rings (SSSR count). The first kappa shape index (κ1) is 70.4. The number of likely N-dealkylation sites (N-methyl/N-ethyl adjacent to an activating group) is 1. The summed E-state index contributed by atoms with van der Waals surface area (Å²) in [7, 11) is 5.95. The van der Waals surface area contributed by atoms with Crippen molar-refractivity contribution in [2.24, 2.45) is 0 Å². The molecule has 9 nitrogen and oxygen atoms in total. The van der Waals surface area contributed by atoms with Gasteiger partial charge in [-0.2, -0.15) is 0 Å². The number of carboxylic acids is 1. The van der Waals surface area contributed by atoms with Crippen LogP contribution in [-0.2, 0) is 33.3 Å². The zero-order chi connectivity index (χ0) is 54.8. The van der Waals surface area contributed by atoms with E-state index in [9.17, 15) is 19.5 Å². The third kappa shape index (κ3) is 57.0. The number of hydrogen-bond donors (Lipinski definition) is 1. The van der Waals surface area contributed by atoms with Gasteiger partial charge in [-0.25, -0.2) is 4.79 Å². The van der Waals surface area contributed by atoms with Gasteiger partial charge in [-0.1, -0.05) is 231 Å². The molecule has 2 unspecified atom stereocenters. The molecule has 0 amide bonds.